The monoisotopic (exact) mass is 1010 g/mol. The van der Waals surface area contributed by atoms with Crippen molar-refractivity contribution in [3.05, 3.63) is 12.2 Å². The summed E-state index contributed by atoms with van der Waals surface area (Å²) in [5, 5.41) is 55.5. The number of carbonyl (C=O) groups excluding carboxylic acids is 1. The molecule has 0 saturated carbocycles. The summed E-state index contributed by atoms with van der Waals surface area (Å²) in [4.78, 5) is 13.2. The van der Waals surface area contributed by atoms with Gasteiger partial charge in [0.15, 0.2) is 6.29 Å². The lowest BCUT2D eigenvalue weighted by Crippen LogP contribution is -2.61. The van der Waals surface area contributed by atoms with E-state index < -0.39 is 78.5 Å². The first-order valence-corrected chi connectivity index (χ1v) is 30.0. The first kappa shape index (κ1) is 65.8. The lowest BCUT2D eigenvalue weighted by atomic mass is 9.99. The Balaban J connectivity index is 2.43. The van der Waals surface area contributed by atoms with E-state index in [-0.39, 0.29) is 6.42 Å². The van der Waals surface area contributed by atoms with E-state index in [2.05, 4.69) is 23.3 Å². The molecule has 0 bridgehead atoms. The molecule has 1 heterocycles. The Hall–Kier alpha value is -1.20. The minimum Gasteiger partial charge on any atom is -0.394 e. The second kappa shape index (κ2) is 45.4. The Morgan fingerprint density at radius 1 is 0.580 bits per heavy atom. The van der Waals surface area contributed by atoms with Crippen molar-refractivity contribution in [2.24, 2.45) is 0 Å². The van der Waals surface area contributed by atoms with Crippen molar-refractivity contribution in [2.75, 3.05) is 13.2 Å². The molecular formula is C55H107NO12S. The summed E-state index contributed by atoms with van der Waals surface area (Å²) in [6, 6.07) is -1.12. The second-order valence-electron chi connectivity index (χ2n) is 20.4. The van der Waals surface area contributed by atoms with Gasteiger partial charge >= 0.3 is 10.4 Å². The van der Waals surface area contributed by atoms with Crippen LogP contribution in [0.25, 0.3) is 0 Å². The number of allylic oxidation sites excluding steroid dienone is 1. The van der Waals surface area contributed by atoms with E-state index in [4.69, 9.17) is 9.47 Å². The quantitative estimate of drug-likeness (QED) is 0.0172. The van der Waals surface area contributed by atoms with E-state index in [0.717, 1.165) is 38.5 Å². The molecule has 1 saturated heterocycles. The summed E-state index contributed by atoms with van der Waals surface area (Å²) in [5.41, 5.74) is 0. The van der Waals surface area contributed by atoms with Crippen LogP contribution < -0.4 is 5.32 Å². The fourth-order valence-corrected chi connectivity index (χ4v) is 9.91. The number of hydrogen-bond donors (Lipinski definition) is 7. The molecule has 0 radical (unpaired) electrons. The lowest BCUT2D eigenvalue weighted by molar-refractivity contribution is -0.298. The summed E-state index contributed by atoms with van der Waals surface area (Å²) in [6.07, 6.45) is 41.4. The van der Waals surface area contributed by atoms with Gasteiger partial charge in [0, 0.05) is 0 Å². The number of rotatable bonds is 50. The topological polar surface area (TPSA) is 212 Å². The molecule has 13 nitrogen and oxygen atoms in total. The van der Waals surface area contributed by atoms with E-state index in [1.165, 1.54) is 199 Å². The zero-order valence-corrected chi connectivity index (χ0v) is 44.8. The molecule has 14 heteroatoms. The van der Waals surface area contributed by atoms with E-state index in [9.17, 15) is 43.3 Å². The fraction of sp³-hybridized carbons (Fsp3) is 0.945. The van der Waals surface area contributed by atoms with E-state index in [1.807, 2.05) is 6.08 Å². The zero-order chi connectivity index (χ0) is 50.6. The number of nitrogens with one attached hydrogen (secondary N) is 1. The maximum absolute atomic E-state index is 13.2. The largest absolute Gasteiger partial charge is 0.397 e. The van der Waals surface area contributed by atoms with Gasteiger partial charge in [-0.25, -0.2) is 4.18 Å². The van der Waals surface area contributed by atoms with Gasteiger partial charge in [-0.15, -0.1) is 0 Å². The lowest BCUT2D eigenvalue weighted by Gasteiger charge is -2.41. The molecule has 8 unspecified atom stereocenters. The van der Waals surface area contributed by atoms with E-state index >= 15 is 0 Å². The third kappa shape index (κ3) is 37.2. The molecule has 1 fully saturated rings. The molecule has 410 valence electrons. The number of ether oxygens (including phenoxy) is 2. The van der Waals surface area contributed by atoms with Gasteiger partial charge in [0.25, 0.3) is 0 Å². The molecule has 0 aromatic carbocycles. The number of unbranched alkanes of at least 4 members (excludes halogenated alkanes) is 37. The van der Waals surface area contributed by atoms with Crippen LogP contribution in [0.5, 0.6) is 0 Å². The van der Waals surface area contributed by atoms with Gasteiger partial charge in [-0.05, 0) is 19.3 Å². The van der Waals surface area contributed by atoms with Crippen molar-refractivity contribution in [3.63, 3.8) is 0 Å². The van der Waals surface area contributed by atoms with Gasteiger partial charge in [-0.1, -0.05) is 264 Å². The molecule has 8 atom stereocenters. The predicted octanol–water partition coefficient (Wildman–Crippen LogP) is 12.0. The summed E-state index contributed by atoms with van der Waals surface area (Å²) in [5.74, 6) is -0.696. The SMILES string of the molecule is CCCCCCCCCCCCCCCCCCC/C=C/C(O)C(COC1OC(CO)C(O)C(OS(=O)(=O)O)C1O)NC(=O)C(O)CCCCCCCCCCCCCCCCCCCCCCC. The van der Waals surface area contributed by atoms with Gasteiger partial charge in [-0.2, -0.15) is 8.42 Å². The van der Waals surface area contributed by atoms with Crippen LogP contribution in [0, 0.1) is 0 Å². The third-order valence-electron chi connectivity index (χ3n) is 13.9. The van der Waals surface area contributed by atoms with E-state index in [1.54, 1.807) is 6.08 Å². The number of aliphatic hydroxyl groups excluding tert-OH is 5. The molecule has 0 spiro atoms. The first-order chi connectivity index (χ1) is 33.4. The summed E-state index contributed by atoms with van der Waals surface area (Å²) in [7, 11) is -5.12. The van der Waals surface area contributed by atoms with Crippen molar-refractivity contribution >= 4 is 16.3 Å². The standard InChI is InChI=1S/C55H107NO12S/c1-3-5-7-9-11-13-15-17-19-21-23-24-26-28-30-32-34-36-38-40-42-44-49(59)54(62)56-47(46-66-55-52(61)53(68-69(63,64)65)51(60)50(45-57)67-55)48(58)43-41-39-37-35-33-31-29-27-25-22-20-18-16-14-12-10-8-6-4-2/h41,43,47-53,55,57-61H,3-40,42,44-46H2,1-2H3,(H,56,62)(H,63,64,65)/b43-41+. The second-order valence-corrected chi connectivity index (χ2v) is 21.4. The van der Waals surface area contributed by atoms with Crippen molar-refractivity contribution in [2.45, 2.75) is 320 Å². The van der Waals surface area contributed by atoms with Crippen molar-refractivity contribution in [1.29, 1.82) is 0 Å². The smallest absolute Gasteiger partial charge is 0.394 e. The number of hydrogen-bond acceptors (Lipinski definition) is 11. The molecule has 0 aliphatic carbocycles. The van der Waals surface area contributed by atoms with E-state index in [0.29, 0.717) is 12.8 Å². The van der Waals surface area contributed by atoms with Gasteiger partial charge in [0.2, 0.25) is 5.91 Å². The minimum atomic E-state index is -5.12. The molecule has 0 aromatic rings. The first-order valence-electron chi connectivity index (χ1n) is 28.7. The normalized spacial score (nSPS) is 20.1. The van der Waals surface area contributed by atoms with Crippen LogP contribution in [0.4, 0.5) is 0 Å². The van der Waals surface area contributed by atoms with Crippen LogP contribution in [0.1, 0.15) is 271 Å². The molecule has 7 N–H and O–H groups in total. The Morgan fingerprint density at radius 2 is 0.942 bits per heavy atom. The van der Waals surface area contributed by atoms with Gasteiger partial charge in [-0.3, -0.25) is 9.35 Å². The third-order valence-corrected chi connectivity index (χ3v) is 14.4. The van der Waals surface area contributed by atoms with Crippen LogP contribution in [-0.2, 0) is 28.9 Å². The van der Waals surface area contributed by atoms with Crippen LogP contribution in [0.3, 0.4) is 0 Å². The highest BCUT2D eigenvalue weighted by atomic mass is 32.3. The number of amides is 1. The van der Waals surface area contributed by atoms with Crippen molar-refractivity contribution in [1.82, 2.24) is 5.32 Å². The molecule has 1 rings (SSSR count). The average Bonchev–Trinajstić information content (AvgIpc) is 3.32. The predicted molar refractivity (Wildman–Crippen MR) is 279 cm³/mol. The zero-order valence-electron chi connectivity index (χ0n) is 44.0. The van der Waals surface area contributed by atoms with Crippen molar-refractivity contribution in [3.8, 4) is 0 Å². The minimum absolute atomic E-state index is 0.249. The Bertz CT molecular complexity index is 1290. The van der Waals surface area contributed by atoms with Crippen LogP contribution in [0.15, 0.2) is 12.2 Å². The summed E-state index contributed by atoms with van der Waals surface area (Å²) < 4.78 is 47.7. The number of aliphatic hydroxyl groups is 5. The van der Waals surface area contributed by atoms with Gasteiger partial charge in [0.1, 0.15) is 30.5 Å². The molecule has 1 aliphatic heterocycles. The van der Waals surface area contributed by atoms with Crippen LogP contribution in [0.2, 0.25) is 0 Å². The summed E-state index contributed by atoms with van der Waals surface area (Å²) in [6.45, 7) is 3.27. The highest BCUT2D eigenvalue weighted by Gasteiger charge is 2.48. The van der Waals surface area contributed by atoms with Gasteiger partial charge < -0.3 is 40.3 Å². The van der Waals surface area contributed by atoms with Gasteiger partial charge in [0.05, 0.1) is 25.4 Å². The van der Waals surface area contributed by atoms with Crippen LogP contribution in [-0.4, -0.2) is 107 Å². The molecule has 69 heavy (non-hydrogen) atoms. The highest BCUT2D eigenvalue weighted by molar-refractivity contribution is 7.80. The number of carbonyl (C=O) groups is 1. The Morgan fingerprint density at radius 3 is 1.30 bits per heavy atom. The van der Waals surface area contributed by atoms with Crippen molar-refractivity contribution < 1.29 is 57.0 Å². The molecule has 0 aromatic heterocycles. The molecule has 1 aliphatic rings. The molecular weight excluding hydrogens is 899 g/mol. The fourth-order valence-electron chi connectivity index (χ4n) is 9.41. The molecule has 1 amide bonds. The Kier molecular flexibility index (Phi) is 43.3. The maximum Gasteiger partial charge on any atom is 0.397 e. The summed E-state index contributed by atoms with van der Waals surface area (Å²) >= 11 is 0. The maximum atomic E-state index is 13.2. The Labute approximate surface area is 422 Å². The average molecular weight is 1010 g/mol. The van der Waals surface area contributed by atoms with Crippen LogP contribution >= 0.6 is 0 Å². The highest BCUT2D eigenvalue weighted by Crippen LogP contribution is 2.26.